The van der Waals surface area contributed by atoms with Crippen molar-refractivity contribution >= 4 is 46.4 Å². The Bertz CT molecular complexity index is 1700. The number of piperazine rings is 1. The van der Waals surface area contributed by atoms with E-state index in [4.69, 9.17) is 0 Å². The van der Waals surface area contributed by atoms with Gasteiger partial charge in [0.25, 0.3) is 17.7 Å². The Balaban J connectivity index is 1.10. The second kappa shape index (κ2) is 12.1. The molecule has 3 amide bonds. The minimum Gasteiger partial charge on any atom is -0.362 e. The standard InChI is InChI=1S/C34H34N6O3/c1-22-5-11-27(36-32(41)24-8-6-23(7-9-24)21-40-16-14-39(2)15-17-40)20-30(22)37-33(42)25-10-12-28-29(19-26-4-3-13-35-26)34(43)38-31(28)18-25/h3-13,18-20,35H,14-17,21H2,1-2H3,(H,36,41)(H,37,42)(H,38,43). The zero-order chi connectivity index (χ0) is 29.9. The minimum absolute atomic E-state index is 0.217. The summed E-state index contributed by atoms with van der Waals surface area (Å²) in [5.74, 6) is -0.752. The zero-order valence-corrected chi connectivity index (χ0v) is 24.2. The summed E-state index contributed by atoms with van der Waals surface area (Å²) in [5.41, 5.74) is 6.85. The molecule has 3 aromatic carbocycles. The van der Waals surface area contributed by atoms with Crippen molar-refractivity contribution in [3.05, 3.63) is 113 Å². The molecule has 0 atom stereocenters. The highest BCUT2D eigenvalue weighted by atomic mass is 16.2. The lowest BCUT2D eigenvalue weighted by molar-refractivity contribution is -0.110. The fourth-order valence-electron chi connectivity index (χ4n) is 5.33. The number of nitrogens with one attached hydrogen (secondary N) is 4. The quantitative estimate of drug-likeness (QED) is 0.231. The van der Waals surface area contributed by atoms with Crippen LogP contribution in [0.15, 0.2) is 79.0 Å². The molecular formula is C34H34N6O3. The summed E-state index contributed by atoms with van der Waals surface area (Å²) in [6, 6.07) is 22.0. The highest BCUT2D eigenvalue weighted by Gasteiger charge is 2.25. The molecule has 4 N–H and O–H groups in total. The summed E-state index contributed by atoms with van der Waals surface area (Å²) in [7, 11) is 2.14. The molecular weight excluding hydrogens is 540 g/mol. The Labute approximate surface area is 250 Å². The Morgan fingerprint density at radius 2 is 1.63 bits per heavy atom. The van der Waals surface area contributed by atoms with Crippen LogP contribution in [0.25, 0.3) is 11.6 Å². The van der Waals surface area contributed by atoms with Gasteiger partial charge in [-0.05, 0) is 79.7 Å². The number of amides is 3. The second-order valence-corrected chi connectivity index (χ2v) is 11.1. The van der Waals surface area contributed by atoms with E-state index < -0.39 is 0 Å². The van der Waals surface area contributed by atoms with Gasteiger partial charge in [0, 0.05) is 78.4 Å². The van der Waals surface area contributed by atoms with Gasteiger partial charge in [-0.3, -0.25) is 19.3 Å². The SMILES string of the molecule is Cc1ccc(NC(=O)c2ccc(CN3CCN(C)CC3)cc2)cc1NC(=O)c1ccc2c(c1)NC(=O)C2=Cc1ccc[nH]1. The van der Waals surface area contributed by atoms with Gasteiger partial charge in [0.1, 0.15) is 0 Å². The van der Waals surface area contributed by atoms with Crippen molar-refractivity contribution < 1.29 is 14.4 Å². The molecule has 3 heterocycles. The Hall–Kier alpha value is -4.99. The second-order valence-electron chi connectivity index (χ2n) is 11.1. The van der Waals surface area contributed by atoms with E-state index in [1.165, 1.54) is 5.56 Å². The van der Waals surface area contributed by atoms with E-state index in [-0.39, 0.29) is 17.7 Å². The molecule has 0 unspecified atom stereocenters. The van der Waals surface area contributed by atoms with E-state index in [9.17, 15) is 14.4 Å². The Morgan fingerprint density at radius 1 is 0.884 bits per heavy atom. The van der Waals surface area contributed by atoms with Crippen molar-refractivity contribution in [3.8, 4) is 0 Å². The number of hydrogen-bond donors (Lipinski definition) is 4. The topological polar surface area (TPSA) is 110 Å². The number of H-pyrrole nitrogens is 1. The van der Waals surface area contributed by atoms with Crippen LogP contribution in [-0.4, -0.2) is 65.7 Å². The summed E-state index contributed by atoms with van der Waals surface area (Å²) >= 11 is 0. The van der Waals surface area contributed by atoms with Gasteiger partial charge in [0.15, 0.2) is 0 Å². The largest absolute Gasteiger partial charge is 0.362 e. The normalized spacial score (nSPS) is 16.1. The van der Waals surface area contributed by atoms with Crippen LogP contribution in [0.1, 0.15) is 43.1 Å². The van der Waals surface area contributed by atoms with Crippen molar-refractivity contribution in [3.63, 3.8) is 0 Å². The average Bonchev–Trinajstić information content (AvgIpc) is 3.63. The number of hydrogen-bond acceptors (Lipinski definition) is 5. The summed E-state index contributed by atoms with van der Waals surface area (Å²) in [6.45, 7) is 6.98. The van der Waals surface area contributed by atoms with E-state index in [1.54, 1.807) is 36.5 Å². The molecule has 2 aliphatic heterocycles. The number of fused-ring (bicyclic) bond motifs is 1. The van der Waals surface area contributed by atoms with Gasteiger partial charge < -0.3 is 25.8 Å². The third-order valence-electron chi connectivity index (χ3n) is 7.95. The predicted octanol–water partition coefficient (Wildman–Crippen LogP) is 5.07. The third kappa shape index (κ3) is 6.43. The lowest BCUT2D eigenvalue weighted by Gasteiger charge is -2.32. The number of rotatable bonds is 7. The van der Waals surface area contributed by atoms with E-state index in [1.807, 2.05) is 55.5 Å². The number of carbonyl (C=O) groups excluding carboxylic acids is 3. The first-order chi connectivity index (χ1) is 20.8. The van der Waals surface area contributed by atoms with Crippen molar-refractivity contribution in [2.24, 2.45) is 0 Å². The molecule has 2 aliphatic rings. The molecule has 9 nitrogen and oxygen atoms in total. The number of aromatic amines is 1. The summed E-state index contributed by atoms with van der Waals surface area (Å²) in [6.07, 6.45) is 3.58. The number of anilines is 3. The molecule has 43 heavy (non-hydrogen) atoms. The Kier molecular flexibility index (Phi) is 7.91. The fraction of sp³-hybridized carbons (Fsp3) is 0.206. The van der Waals surface area contributed by atoms with Gasteiger partial charge >= 0.3 is 0 Å². The summed E-state index contributed by atoms with van der Waals surface area (Å²) in [4.78, 5) is 46.6. The highest BCUT2D eigenvalue weighted by Crippen LogP contribution is 2.34. The maximum Gasteiger partial charge on any atom is 0.256 e. The maximum absolute atomic E-state index is 13.2. The Morgan fingerprint density at radius 3 is 2.37 bits per heavy atom. The lowest BCUT2D eigenvalue weighted by atomic mass is 10.0. The number of nitrogens with zero attached hydrogens (tertiary/aromatic N) is 2. The van der Waals surface area contributed by atoms with Crippen molar-refractivity contribution in [1.29, 1.82) is 0 Å². The number of benzene rings is 3. The van der Waals surface area contributed by atoms with Crippen molar-refractivity contribution in [2.75, 3.05) is 49.2 Å². The van der Waals surface area contributed by atoms with Crippen LogP contribution in [0.4, 0.5) is 17.1 Å². The molecule has 1 fully saturated rings. The molecule has 0 radical (unpaired) electrons. The first-order valence-electron chi connectivity index (χ1n) is 14.4. The maximum atomic E-state index is 13.2. The molecule has 4 aromatic rings. The number of aromatic nitrogens is 1. The van der Waals surface area contributed by atoms with Crippen LogP contribution in [0.3, 0.4) is 0 Å². The van der Waals surface area contributed by atoms with Crippen LogP contribution in [0, 0.1) is 6.92 Å². The smallest absolute Gasteiger partial charge is 0.256 e. The zero-order valence-electron chi connectivity index (χ0n) is 24.2. The lowest BCUT2D eigenvalue weighted by Crippen LogP contribution is -2.43. The summed E-state index contributed by atoms with van der Waals surface area (Å²) < 4.78 is 0. The third-order valence-corrected chi connectivity index (χ3v) is 7.95. The van der Waals surface area contributed by atoms with Crippen molar-refractivity contribution in [2.45, 2.75) is 13.5 Å². The molecule has 0 bridgehead atoms. The van der Waals surface area contributed by atoms with Gasteiger partial charge in [0.05, 0.1) is 5.57 Å². The van der Waals surface area contributed by atoms with Crippen LogP contribution < -0.4 is 16.0 Å². The minimum atomic E-state index is -0.318. The van der Waals surface area contributed by atoms with Gasteiger partial charge in [-0.15, -0.1) is 0 Å². The molecule has 0 aliphatic carbocycles. The summed E-state index contributed by atoms with van der Waals surface area (Å²) in [5, 5.41) is 8.74. The van der Waals surface area contributed by atoms with Gasteiger partial charge in [-0.25, -0.2) is 0 Å². The van der Waals surface area contributed by atoms with Gasteiger partial charge in [0.2, 0.25) is 0 Å². The molecule has 0 saturated carbocycles. The molecule has 1 saturated heterocycles. The van der Waals surface area contributed by atoms with Gasteiger partial charge in [-0.1, -0.05) is 24.3 Å². The first-order valence-corrected chi connectivity index (χ1v) is 14.4. The molecule has 0 spiro atoms. The average molecular weight is 575 g/mol. The first kappa shape index (κ1) is 28.1. The van der Waals surface area contributed by atoms with Crippen LogP contribution in [-0.2, 0) is 11.3 Å². The van der Waals surface area contributed by atoms with Crippen molar-refractivity contribution in [1.82, 2.24) is 14.8 Å². The van der Waals surface area contributed by atoms with Crippen LogP contribution >= 0.6 is 0 Å². The van der Waals surface area contributed by atoms with E-state index in [0.29, 0.717) is 33.8 Å². The van der Waals surface area contributed by atoms with Crippen LogP contribution in [0.2, 0.25) is 0 Å². The predicted molar refractivity (Wildman–Crippen MR) is 170 cm³/mol. The monoisotopic (exact) mass is 574 g/mol. The molecule has 9 heteroatoms. The number of aryl methyl sites for hydroxylation is 1. The highest BCUT2D eigenvalue weighted by molar-refractivity contribution is 6.35. The fourth-order valence-corrected chi connectivity index (χ4v) is 5.33. The molecule has 6 rings (SSSR count). The van der Waals surface area contributed by atoms with E-state index in [2.05, 4.69) is 37.8 Å². The number of likely N-dealkylation sites (N-methyl/N-ethyl adjacent to an activating group) is 1. The molecule has 1 aromatic heterocycles. The van der Waals surface area contributed by atoms with E-state index in [0.717, 1.165) is 49.5 Å². The van der Waals surface area contributed by atoms with Crippen LogP contribution in [0.5, 0.6) is 0 Å². The van der Waals surface area contributed by atoms with Gasteiger partial charge in [-0.2, -0.15) is 0 Å². The molecule has 218 valence electrons. The van der Waals surface area contributed by atoms with E-state index >= 15 is 0 Å². The number of carbonyl (C=O) groups is 3.